The van der Waals surface area contributed by atoms with Crippen molar-refractivity contribution < 1.29 is 17.3 Å². The average Bonchev–Trinajstić information content (AvgIpc) is 3.12. The van der Waals surface area contributed by atoms with Crippen molar-refractivity contribution >= 4 is 10.0 Å². The highest BCUT2D eigenvalue weighted by atomic mass is 32.2. The Morgan fingerprint density at radius 3 is 2.56 bits per heavy atom. The number of sulfonamides is 1. The molecule has 1 saturated carbocycles. The predicted molar refractivity (Wildman–Crippen MR) is 89.2 cm³/mol. The Bertz CT molecular complexity index is 985. The Hall–Kier alpha value is -2.45. The third-order valence-corrected chi connectivity index (χ3v) is 5.28. The zero-order valence-electron chi connectivity index (χ0n) is 13.6. The van der Waals surface area contributed by atoms with Crippen LogP contribution in [0.5, 0.6) is 0 Å². The van der Waals surface area contributed by atoms with Gasteiger partial charge in [0.2, 0.25) is 11.0 Å². The first-order chi connectivity index (χ1) is 12.0. The van der Waals surface area contributed by atoms with E-state index < -0.39 is 10.0 Å². The van der Waals surface area contributed by atoms with Gasteiger partial charge < -0.3 is 8.83 Å². The molecule has 7 nitrogen and oxygen atoms in total. The first-order valence-electron chi connectivity index (χ1n) is 8.00. The third kappa shape index (κ3) is 3.49. The van der Waals surface area contributed by atoms with E-state index in [4.69, 9.17) is 8.83 Å². The van der Waals surface area contributed by atoms with E-state index in [0.717, 1.165) is 24.0 Å². The smallest absolute Gasteiger partial charge is 0.283 e. The highest BCUT2D eigenvalue weighted by Crippen LogP contribution is 2.40. The Morgan fingerprint density at radius 2 is 1.84 bits per heavy atom. The third-order valence-electron chi connectivity index (χ3n) is 4.01. The van der Waals surface area contributed by atoms with E-state index in [1.807, 2.05) is 31.2 Å². The van der Waals surface area contributed by atoms with Crippen molar-refractivity contribution in [2.75, 3.05) is 0 Å². The van der Waals surface area contributed by atoms with E-state index in [-0.39, 0.29) is 23.3 Å². The molecule has 0 amide bonds. The maximum absolute atomic E-state index is 12.4. The van der Waals surface area contributed by atoms with E-state index in [2.05, 4.69) is 14.9 Å². The zero-order chi connectivity index (χ0) is 17.4. The van der Waals surface area contributed by atoms with Crippen LogP contribution in [-0.4, -0.2) is 18.6 Å². The standard InChI is InChI=1S/C17H17N3O4S/c1-11-2-4-12(5-3-11)10-18-25(21,22)15-9-8-14(23-15)17-20-19-16(24-17)13-6-7-13/h2-5,8-9,13,18H,6-7,10H2,1H3. The first-order valence-corrected chi connectivity index (χ1v) is 9.48. The van der Waals surface area contributed by atoms with E-state index in [0.29, 0.717) is 11.8 Å². The number of furan rings is 1. The van der Waals surface area contributed by atoms with Crippen LogP contribution in [0, 0.1) is 6.92 Å². The second-order valence-electron chi connectivity index (χ2n) is 6.15. The van der Waals surface area contributed by atoms with Crippen LogP contribution < -0.4 is 4.72 Å². The molecule has 0 unspecified atom stereocenters. The van der Waals surface area contributed by atoms with Gasteiger partial charge in [0.25, 0.3) is 15.9 Å². The van der Waals surface area contributed by atoms with Crippen LogP contribution >= 0.6 is 0 Å². The van der Waals surface area contributed by atoms with Crippen LogP contribution in [0.2, 0.25) is 0 Å². The van der Waals surface area contributed by atoms with Gasteiger partial charge in [-0.3, -0.25) is 0 Å². The Morgan fingerprint density at radius 1 is 1.08 bits per heavy atom. The highest BCUT2D eigenvalue weighted by Gasteiger charge is 2.30. The van der Waals surface area contributed by atoms with Gasteiger partial charge in [0.15, 0.2) is 5.76 Å². The molecule has 130 valence electrons. The van der Waals surface area contributed by atoms with E-state index in [1.54, 1.807) is 0 Å². The Labute approximate surface area is 145 Å². The fraction of sp³-hybridized carbons (Fsp3) is 0.294. The molecule has 2 aromatic heterocycles. The molecule has 0 bridgehead atoms. The van der Waals surface area contributed by atoms with Gasteiger partial charge in [-0.15, -0.1) is 10.2 Å². The van der Waals surface area contributed by atoms with Gasteiger partial charge in [0.05, 0.1) is 0 Å². The quantitative estimate of drug-likeness (QED) is 0.726. The van der Waals surface area contributed by atoms with Crippen molar-refractivity contribution in [3.8, 4) is 11.7 Å². The number of rotatable bonds is 6. The van der Waals surface area contributed by atoms with Gasteiger partial charge in [-0.1, -0.05) is 29.8 Å². The van der Waals surface area contributed by atoms with Crippen LogP contribution in [0.15, 0.2) is 50.3 Å². The topological polar surface area (TPSA) is 98.2 Å². The molecule has 0 atom stereocenters. The van der Waals surface area contributed by atoms with E-state index >= 15 is 0 Å². The number of hydrogen-bond donors (Lipinski definition) is 1. The fourth-order valence-corrected chi connectivity index (χ4v) is 3.31. The van der Waals surface area contributed by atoms with Crippen molar-refractivity contribution in [1.29, 1.82) is 0 Å². The molecular formula is C17H17N3O4S. The molecule has 1 N–H and O–H groups in total. The number of hydrogen-bond acceptors (Lipinski definition) is 6. The summed E-state index contributed by atoms with van der Waals surface area (Å²) in [6, 6.07) is 10.5. The molecule has 1 fully saturated rings. The lowest BCUT2D eigenvalue weighted by Gasteiger charge is -2.04. The van der Waals surface area contributed by atoms with Crippen molar-refractivity contribution in [2.45, 2.75) is 37.3 Å². The van der Waals surface area contributed by atoms with Crippen LogP contribution in [0.25, 0.3) is 11.7 Å². The summed E-state index contributed by atoms with van der Waals surface area (Å²) in [7, 11) is -3.76. The summed E-state index contributed by atoms with van der Waals surface area (Å²) in [5.41, 5.74) is 1.99. The minimum atomic E-state index is -3.76. The first kappa shape index (κ1) is 16.0. The summed E-state index contributed by atoms with van der Waals surface area (Å²) in [5.74, 6) is 1.35. The van der Waals surface area contributed by atoms with Crippen LogP contribution in [0.4, 0.5) is 0 Å². The molecule has 1 aliphatic carbocycles. The molecule has 4 rings (SSSR count). The lowest BCUT2D eigenvalue weighted by Crippen LogP contribution is -2.22. The number of aryl methyl sites for hydroxylation is 1. The van der Waals surface area contributed by atoms with Gasteiger partial charge in [0, 0.05) is 12.5 Å². The summed E-state index contributed by atoms with van der Waals surface area (Å²) < 4.78 is 38.2. The minimum absolute atomic E-state index is 0.180. The molecule has 25 heavy (non-hydrogen) atoms. The average molecular weight is 359 g/mol. The molecule has 3 aromatic rings. The Kier molecular flexibility index (Phi) is 3.93. The Balaban J connectivity index is 1.48. The summed E-state index contributed by atoms with van der Waals surface area (Å²) in [6.45, 7) is 2.16. The van der Waals surface area contributed by atoms with Crippen LogP contribution in [0.1, 0.15) is 35.8 Å². The highest BCUT2D eigenvalue weighted by molar-refractivity contribution is 7.89. The second-order valence-corrected chi connectivity index (χ2v) is 7.85. The van der Waals surface area contributed by atoms with Gasteiger partial charge in [-0.2, -0.15) is 0 Å². The molecule has 0 spiro atoms. The summed E-state index contributed by atoms with van der Waals surface area (Å²) >= 11 is 0. The maximum atomic E-state index is 12.4. The summed E-state index contributed by atoms with van der Waals surface area (Å²) in [6.07, 6.45) is 2.09. The number of aromatic nitrogens is 2. The lowest BCUT2D eigenvalue weighted by atomic mass is 10.2. The van der Waals surface area contributed by atoms with E-state index in [9.17, 15) is 8.42 Å². The largest absolute Gasteiger partial charge is 0.438 e. The molecule has 8 heteroatoms. The molecule has 2 heterocycles. The molecule has 0 radical (unpaired) electrons. The second kappa shape index (κ2) is 6.12. The van der Waals surface area contributed by atoms with Gasteiger partial charge in [-0.05, 0) is 37.5 Å². The SMILES string of the molecule is Cc1ccc(CNS(=O)(=O)c2ccc(-c3nnc(C4CC4)o3)o2)cc1. The van der Waals surface area contributed by atoms with Gasteiger partial charge in [-0.25, -0.2) is 13.1 Å². The van der Waals surface area contributed by atoms with Crippen molar-refractivity contribution in [3.05, 3.63) is 53.4 Å². The molecule has 0 saturated heterocycles. The molecule has 1 aliphatic rings. The number of benzene rings is 1. The maximum Gasteiger partial charge on any atom is 0.283 e. The summed E-state index contributed by atoms with van der Waals surface area (Å²) in [5, 5.41) is 7.71. The fourth-order valence-electron chi connectivity index (χ4n) is 2.36. The minimum Gasteiger partial charge on any atom is -0.438 e. The predicted octanol–water partition coefficient (Wildman–Crippen LogP) is 2.99. The summed E-state index contributed by atoms with van der Waals surface area (Å²) in [4.78, 5) is 0. The van der Waals surface area contributed by atoms with Gasteiger partial charge >= 0.3 is 0 Å². The lowest BCUT2D eigenvalue weighted by molar-refractivity contribution is 0.431. The number of nitrogens with zero attached hydrogens (tertiary/aromatic N) is 2. The van der Waals surface area contributed by atoms with E-state index in [1.165, 1.54) is 12.1 Å². The van der Waals surface area contributed by atoms with Crippen molar-refractivity contribution in [2.24, 2.45) is 0 Å². The monoisotopic (exact) mass is 359 g/mol. The van der Waals surface area contributed by atoms with Crippen LogP contribution in [-0.2, 0) is 16.6 Å². The van der Waals surface area contributed by atoms with Crippen molar-refractivity contribution in [3.63, 3.8) is 0 Å². The number of nitrogens with one attached hydrogen (secondary N) is 1. The van der Waals surface area contributed by atoms with Gasteiger partial charge in [0.1, 0.15) is 0 Å². The normalized spacial score (nSPS) is 14.8. The molecule has 1 aromatic carbocycles. The molecular weight excluding hydrogens is 342 g/mol. The molecule has 0 aliphatic heterocycles. The zero-order valence-corrected chi connectivity index (χ0v) is 14.4. The van der Waals surface area contributed by atoms with Crippen LogP contribution in [0.3, 0.4) is 0 Å². The van der Waals surface area contributed by atoms with Crippen molar-refractivity contribution in [1.82, 2.24) is 14.9 Å².